The fourth-order valence-electron chi connectivity index (χ4n) is 3.34. The number of nitriles is 1. The maximum atomic E-state index is 12.7. The molecule has 0 atom stereocenters. The first-order valence-electron chi connectivity index (χ1n) is 9.68. The van der Waals surface area contributed by atoms with Gasteiger partial charge in [0.05, 0.1) is 0 Å². The third-order valence-electron chi connectivity index (χ3n) is 4.95. The van der Waals surface area contributed by atoms with Crippen LogP contribution in [0.3, 0.4) is 0 Å². The van der Waals surface area contributed by atoms with Crippen molar-refractivity contribution in [2.75, 3.05) is 31.1 Å². The molecule has 2 heterocycles. The minimum Gasteiger partial charge on any atom is -0.420 e. The second-order valence-corrected chi connectivity index (χ2v) is 7.87. The summed E-state index contributed by atoms with van der Waals surface area (Å²) in [6.07, 6.45) is 3.56. The van der Waals surface area contributed by atoms with Crippen LogP contribution in [0.2, 0.25) is 10.0 Å². The highest BCUT2D eigenvalue weighted by molar-refractivity contribution is 6.31. The summed E-state index contributed by atoms with van der Waals surface area (Å²) in [5.74, 6) is 0.707. The number of piperazine rings is 1. The number of nitrogens with zero attached hydrogens (tertiary/aromatic N) is 4. The zero-order valence-corrected chi connectivity index (χ0v) is 18.0. The summed E-state index contributed by atoms with van der Waals surface area (Å²) < 4.78 is 5.85. The minimum atomic E-state index is -0.0631. The molecule has 8 heteroatoms. The molecule has 0 unspecified atom stereocenters. The summed E-state index contributed by atoms with van der Waals surface area (Å²) in [6, 6.07) is 16.4. The molecule has 156 valence electrons. The van der Waals surface area contributed by atoms with Crippen molar-refractivity contribution in [2.45, 2.75) is 0 Å². The van der Waals surface area contributed by atoms with Gasteiger partial charge in [-0.1, -0.05) is 41.4 Å². The fraction of sp³-hybridized carbons (Fsp3) is 0.174. The molecular formula is C23H18Cl2N4O2. The van der Waals surface area contributed by atoms with Crippen LogP contribution in [0.25, 0.3) is 12.2 Å². The quantitative estimate of drug-likeness (QED) is 0.557. The van der Waals surface area contributed by atoms with E-state index in [-0.39, 0.29) is 11.6 Å². The van der Waals surface area contributed by atoms with E-state index in [4.69, 9.17) is 27.6 Å². The van der Waals surface area contributed by atoms with Crippen molar-refractivity contribution in [1.29, 1.82) is 5.26 Å². The van der Waals surface area contributed by atoms with Crippen molar-refractivity contribution >= 4 is 47.1 Å². The van der Waals surface area contributed by atoms with Gasteiger partial charge in [0, 0.05) is 47.9 Å². The lowest BCUT2D eigenvalue weighted by atomic mass is 10.2. The van der Waals surface area contributed by atoms with E-state index < -0.39 is 0 Å². The summed E-state index contributed by atoms with van der Waals surface area (Å²) in [5.41, 5.74) is 1.73. The molecular weight excluding hydrogens is 435 g/mol. The number of hydrogen-bond acceptors (Lipinski definition) is 5. The van der Waals surface area contributed by atoms with E-state index in [9.17, 15) is 10.1 Å². The highest BCUT2D eigenvalue weighted by atomic mass is 35.5. The van der Waals surface area contributed by atoms with Gasteiger partial charge in [-0.2, -0.15) is 10.2 Å². The second kappa shape index (κ2) is 9.25. The van der Waals surface area contributed by atoms with Crippen molar-refractivity contribution in [3.05, 3.63) is 81.3 Å². The lowest BCUT2D eigenvalue weighted by molar-refractivity contribution is 0.0745. The van der Waals surface area contributed by atoms with Gasteiger partial charge in [0.25, 0.3) is 5.91 Å². The van der Waals surface area contributed by atoms with Gasteiger partial charge in [-0.3, -0.25) is 4.79 Å². The zero-order chi connectivity index (χ0) is 21.8. The Morgan fingerprint density at radius 1 is 1.03 bits per heavy atom. The van der Waals surface area contributed by atoms with Crippen LogP contribution in [0.5, 0.6) is 0 Å². The van der Waals surface area contributed by atoms with Gasteiger partial charge < -0.3 is 14.2 Å². The molecule has 6 nitrogen and oxygen atoms in total. The van der Waals surface area contributed by atoms with Crippen molar-refractivity contribution in [3.8, 4) is 6.07 Å². The van der Waals surface area contributed by atoms with Crippen LogP contribution in [-0.4, -0.2) is 42.0 Å². The Labute approximate surface area is 189 Å². The molecule has 1 saturated heterocycles. The molecule has 0 N–H and O–H groups in total. The van der Waals surface area contributed by atoms with Crippen LogP contribution in [0.4, 0.5) is 5.88 Å². The van der Waals surface area contributed by atoms with Crippen molar-refractivity contribution in [2.24, 2.45) is 0 Å². The van der Waals surface area contributed by atoms with E-state index in [0.717, 1.165) is 5.56 Å². The molecule has 31 heavy (non-hydrogen) atoms. The molecule has 1 aliphatic rings. The summed E-state index contributed by atoms with van der Waals surface area (Å²) in [7, 11) is 0. The van der Waals surface area contributed by atoms with E-state index in [1.165, 1.54) is 0 Å². The first kappa shape index (κ1) is 21.0. The topological polar surface area (TPSA) is 73.4 Å². The summed E-state index contributed by atoms with van der Waals surface area (Å²) in [5, 5.41) is 10.7. The molecule has 4 rings (SSSR count). The first-order valence-corrected chi connectivity index (χ1v) is 10.4. The molecule has 1 aliphatic heterocycles. The number of oxazole rings is 1. The first-order chi connectivity index (χ1) is 15.0. The molecule has 0 saturated carbocycles. The largest absolute Gasteiger partial charge is 0.420 e. The van der Waals surface area contributed by atoms with E-state index in [2.05, 4.69) is 11.1 Å². The maximum absolute atomic E-state index is 12.7. The molecule has 0 spiro atoms. The standard InChI is InChI=1S/C23H18Cl2N4O2/c24-18-7-4-16(5-8-18)6-9-21-27-20(15-26)23(31-21)29-12-10-28(11-13-29)22(30)17-2-1-3-19(25)14-17/h1-9,14H,10-13H2/b9-6+. The van der Waals surface area contributed by atoms with Gasteiger partial charge in [-0.25, -0.2) is 0 Å². The molecule has 3 aromatic rings. The number of amides is 1. The number of carbonyl (C=O) groups is 1. The average molecular weight is 453 g/mol. The second-order valence-electron chi connectivity index (χ2n) is 6.99. The van der Waals surface area contributed by atoms with Crippen molar-refractivity contribution < 1.29 is 9.21 Å². The van der Waals surface area contributed by atoms with Crippen LogP contribution >= 0.6 is 23.2 Å². The number of hydrogen-bond donors (Lipinski definition) is 0. The van der Waals surface area contributed by atoms with E-state index in [1.54, 1.807) is 47.4 Å². The minimum absolute atomic E-state index is 0.0631. The highest BCUT2D eigenvalue weighted by Gasteiger charge is 2.26. The third kappa shape index (κ3) is 4.91. The lowest BCUT2D eigenvalue weighted by Crippen LogP contribution is -2.48. The molecule has 1 amide bonds. The Hall–Kier alpha value is -3.27. The Kier molecular flexibility index (Phi) is 6.26. The number of rotatable bonds is 4. The number of carbonyl (C=O) groups excluding carboxylic acids is 1. The Balaban J connectivity index is 1.44. The van der Waals surface area contributed by atoms with Crippen LogP contribution in [0, 0.1) is 11.3 Å². The molecule has 2 aromatic carbocycles. The molecule has 0 bridgehead atoms. The van der Waals surface area contributed by atoms with Crippen LogP contribution in [0.15, 0.2) is 52.9 Å². The number of anilines is 1. The van der Waals surface area contributed by atoms with Crippen molar-refractivity contribution in [1.82, 2.24) is 9.88 Å². The van der Waals surface area contributed by atoms with Gasteiger partial charge in [-0.15, -0.1) is 0 Å². The smallest absolute Gasteiger partial charge is 0.254 e. The van der Waals surface area contributed by atoms with Gasteiger partial charge in [0.15, 0.2) is 0 Å². The van der Waals surface area contributed by atoms with Crippen molar-refractivity contribution in [3.63, 3.8) is 0 Å². The van der Waals surface area contributed by atoms with E-state index in [1.807, 2.05) is 23.1 Å². The van der Waals surface area contributed by atoms with Gasteiger partial charge in [-0.05, 0) is 42.0 Å². The Morgan fingerprint density at radius 2 is 1.77 bits per heavy atom. The van der Waals surface area contributed by atoms with Gasteiger partial charge in [0.2, 0.25) is 17.5 Å². The normalized spacial score (nSPS) is 14.1. The van der Waals surface area contributed by atoms with E-state index >= 15 is 0 Å². The summed E-state index contributed by atoms with van der Waals surface area (Å²) >= 11 is 11.9. The lowest BCUT2D eigenvalue weighted by Gasteiger charge is -2.34. The molecule has 1 aromatic heterocycles. The van der Waals surface area contributed by atoms with E-state index in [0.29, 0.717) is 53.6 Å². The van der Waals surface area contributed by atoms with Crippen LogP contribution < -0.4 is 4.90 Å². The Bertz CT molecular complexity index is 1160. The van der Waals surface area contributed by atoms with Crippen LogP contribution in [-0.2, 0) is 0 Å². The third-order valence-corrected chi connectivity index (χ3v) is 5.43. The number of benzene rings is 2. The maximum Gasteiger partial charge on any atom is 0.254 e. The molecule has 1 fully saturated rings. The predicted octanol–water partition coefficient (Wildman–Crippen LogP) is 4.99. The molecule has 0 radical (unpaired) electrons. The summed E-state index contributed by atoms with van der Waals surface area (Å²) in [4.78, 5) is 20.7. The predicted molar refractivity (Wildman–Crippen MR) is 121 cm³/mol. The SMILES string of the molecule is N#Cc1nc(/C=C/c2ccc(Cl)cc2)oc1N1CCN(C(=O)c2cccc(Cl)c2)CC1. The van der Waals surface area contributed by atoms with Crippen LogP contribution in [0.1, 0.15) is 27.5 Å². The zero-order valence-electron chi connectivity index (χ0n) is 16.5. The number of halogens is 2. The summed E-state index contributed by atoms with van der Waals surface area (Å²) in [6.45, 7) is 2.09. The molecule has 0 aliphatic carbocycles. The fourth-order valence-corrected chi connectivity index (χ4v) is 3.66. The number of aromatic nitrogens is 1. The van der Waals surface area contributed by atoms with Gasteiger partial charge in [0.1, 0.15) is 6.07 Å². The Morgan fingerprint density at radius 3 is 2.45 bits per heavy atom. The van der Waals surface area contributed by atoms with Gasteiger partial charge >= 0.3 is 0 Å². The monoisotopic (exact) mass is 452 g/mol. The average Bonchev–Trinajstić information content (AvgIpc) is 3.22. The highest BCUT2D eigenvalue weighted by Crippen LogP contribution is 2.25.